The van der Waals surface area contributed by atoms with Crippen molar-refractivity contribution in [2.45, 2.75) is 25.5 Å². The Labute approximate surface area is 117 Å². The summed E-state index contributed by atoms with van der Waals surface area (Å²) in [6.45, 7) is 1.99. The van der Waals surface area contributed by atoms with Crippen molar-refractivity contribution in [3.05, 3.63) is 59.9 Å². The molecule has 0 bridgehead atoms. The van der Waals surface area contributed by atoms with E-state index >= 15 is 0 Å². The molecule has 2 aromatic rings. The summed E-state index contributed by atoms with van der Waals surface area (Å²) in [6, 6.07) is 10.7. The monoisotopic (exact) mass is 268 g/mol. The average molecular weight is 268 g/mol. The van der Waals surface area contributed by atoms with Crippen LogP contribution in [0, 0.1) is 0 Å². The van der Waals surface area contributed by atoms with E-state index in [1.54, 1.807) is 30.6 Å². The number of rotatable bonds is 3. The number of aromatic nitrogens is 1. The number of anilines is 1. The molecule has 4 nitrogen and oxygen atoms in total. The molecule has 3 rings (SSSR count). The Bertz CT molecular complexity index is 642. The number of benzene rings is 1. The summed E-state index contributed by atoms with van der Waals surface area (Å²) in [6.07, 6.45) is 4.52. The molecular formula is C16H16N2O2. The molecule has 1 N–H and O–H groups in total. The third kappa shape index (κ3) is 1.72. The van der Waals surface area contributed by atoms with Gasteiger partial charge in [-0.05, 0) is 24.6 Å². The molecule has 4 heteroatoms. The molecule has 0 fully saturated rings. The zero-order valence-corrected chi connectivity index (χ0v) is 11.3. The molecule has 0 aliphatic carbocycles. The maximum atomic E-state index is 12.6. The van der Waals surface area contributed by atoms with E-state index < -0.39 is 5.72 Å². The van der Waals surface area contributed by atoms with E-state index in [1.165, 1.54) is 4.90 Å². The Morgan fingerprint density at radius 2 is 1.90 bits per heavy atom. The molecule has 1 aromatic carbocycles. The van der Waals surface area contributed by atoms with Gasteiger partial charge in [0, 0.05) is 23.5 Å². The van der Waals surface area contributed by atoms with Crippen molar-refractivity contribution < 1.29 is 9.90 Å². The van der Waals surface area contributed by atoms with Crippen molar-refractivity contribution in [2.75, 3.05) is 4.90 Å². The lowest BCUT2D eigenvalue weighted by Crippen LogP contribution is -2.44. The Morgan fingerprint density at radius 3 is 2.60 bits per heavy atom. The first-order valence-corrected chi connectivity index (χ1v) is 6.75. The summed E-state index contributed by atoms with van der Waals surface area (Å²) in [4.78, 5) is 18.1. The van der Waals surface area contributed by atoms with Crippen molar-refractivity contribution >= 4 is 11.6 Å². The second-order valence-electron chi connectivity index (χ2n) is 4.96. The molecule has 0 spiro atoms. The molecule has 1 aliphatic rings. The fourth-order valence-electron chi connectivity index (χ4n) is 2.85. The quantitative estimate of drug-likeness (QED) is 0.931. The molecule has 0 saturated heterocycles. The van der Waals surface area contributed by atoms with Gasteiger partial charge in [0.15, 0.2) is 5.72 Å². The van der Waals surface area contributed by atoms with Gasteiger partial charge in [-0.3, -0.25) is 14.7 Å². The highest BCUT2D eigenvalue weighted by atomic mass is 16.3. The lowest BCUT2D eigenvalue weighted by atomic mass is 9.97. The van der Waals surface area contributed by atoms with Gasteiger partial charge in [-0.15, -0.1) is 0 Å². The molecule has 102 valence electrons. The third-order valence-electron chi connectivity index (χ3n) is 3.68. The topological polar surface area (TPSA) is 53.4 Å². The number of hydrogen-bond donors (Lipinski definition) is 1. The molecular weight excluding hydrogens is 252 g/mol. The summed E-state index contributed by atoms with van der Waals surface area (Å²) in [5.41, 5.74) is 0.644. The van der Waals surface area contributed by atoms with E-state index in [1.807, 2.05) is 25.1 Å². The molecule has 1 unspecified atom stereocenters. The Balaban J connectivity index is 2.18. The van der Waals surface area contributed by atoms with E-state index in [0.29, 0.717) is 23.2 Å². The van der Waals surface area contributed by atoms with E-state index in [0.717, 1.165) is 6.42 Å². The van der Waals surface area contributed by atoms with Gasteiger partial charge in [0.25, 0.3) is 5.91 Å². The third-order valence-corrected chi connectivity index (χ3v) is 3.68. The van der Waals surface area contributed by atoms with Crippen molar-refractivity contribution in [3.8, 4) is 0 Å². The van der Waals surface area contributed by atoms with E-state index in [4.69, 9.17) is 0 Å². The summed E-state index contributed by atoms with van der Waals surface area (Å²) < 4.78 is 0. The maximum absolute atomic E-state index is 12.6. The van der Waals surface area contributed by atoms with Crippen LogP contribution >= 0.6 is 0 Å². The van der Waals surface area contributed by atoms with Gasteiger partial charge in [0.1, 0.15) is 0 Å². The van der Waals surface area contributed by atoms with Crippen LogP contribution in [0.2, 0.25) is 0 Å². The molecule has 1 amide bonds. The fourth-order valence-corrected chi connectivity index (χ4v) is 2.85. The van der Waals surface area contributed by atoms with Crippen molar-refractivity contribution in [1.29, 1.82) is 0 Å². The molecule has 1 atom stereocenters. The number of pyridine rings is 1. The van der Waals surface area contributed by atoms with E-state index in [2.05, 4.69) is 4.98 Å². The van der Waals surface area contributed by atoms with Crippen LogP contribution in [0.5, 0.6) is 0 Å². The largest absolute Gasteiger partial charge is 0.366 e. The molecule has 0 radical (unpaired) electrons. The van der Waals surface area contributed by atoms with Crippen LogP contribution in [-0.2, 0) is 5.72 Å². The summed E-state index contributed by atoms with van der Waals surface area (Å²) in [7, 11) is 0. The maximum Gasteiger partial charge on any atom is 0.261 e. The number of fused-ring (bicyclic) bond motifs is 1. The van der Waals surface area contributed by atoms with Gasteiger partial charge in [-0.1, -0.05) is 31.5 Å². The van der Waals surface area contributed by atoms with Gasteiger partial charge < -0.3 is 5.11 Å². The zero-order valence-electron chi connectivity index (χ0n) is 11.3. The van der Waals surface area contributed by atoms with Crippen LogP contribution in [0.1, 0.15) is 35.7 Å². The predicted octanol–water partition coefficient (Wildman–Crippen LogP) is 2.69. The normalized spacial score (nSPS) is 21.1. The standard InChI is InChI=1S/C16H16N2O2/c1-2-9-16(20)14-6-4-3-5-13(14)15(19)18(16)12-7-10-17-11-8-12/h3-8,10-11,20H,2,9H2,1H3. The van der Waals surface area contributed by atoms with Gasteiger partial charge in [0.05, 0.1) is 5.69 Å². The highest BCUT2D eigenvalue weighted by Gasteiger charge is 2.48. The fraction of sp³-hybridized carbons (Fsp3) is 0.250. The second kappa shape index (κ2) is 4.72. The lowest BCUT2D eigenvalue weighted by molar-refractivity contribution is 0.0308. The van der Waals surface area contributed by atoms with Crippen LogP contribution in [0.4, 0.5) is 5.69 Å². The minimum absolute atomic E-state index is 0.164. The van der Waals surface area contributed by atoms with Crippen LogP contribution in [0.15, 0.2) is 48.8 Å². The molecule has 0 saturated carbocycles. The van der Waals surface area contributed by atoms with Crippen molar-refractivity contribution in [2.24, 2.45) is 0 Å². The molecule has 1 aliphatic heterocycles. The molecule has 1 aromatic heterocycles. The first kappa shape index (κ1) is 12.8. The second-order valence-corrected chi connectivity index (χ2v) is 4.96. The smallest absolute Gasteiger partial charge is 0.261 e. The Kier molecular flexibility index (Phi) is 3.03. The van der Waals surface area contributed by atoms with Crippen LogP contribution < -0.4 is 4.90 Å². The summed E-state index contributed by atoms with van der Waals surface area (Å²) in [5, 5.41) is 11.1. The van der Waals surface area contributed by atoms with Crippen LogP contribution in [0.3, 0.4) is 0 Å². The van der Waals surface area contributed by atoms with Gasteiger partial charge in [-0.2, -0.15) is 0 Å². The lowest BCUT2D eigenvalue weighted by Gasteiger charge is -2.34. The Morgan fingerprint density at radius 1 is 1.20 bits per heavy atom. The average Bonchev–Trinajstić information content (AvgIpc) is 2.69. The van der Waals surface area contributed by atoms with Crippen molar-refractivity contribution in [1.82, 2.24) is 4.98 Å². The SMILES string of the molecule is CCCC1(O)c2ccccc2C(=O)N1c1ccncc1. The van der Waals surface area contributed by atoms with Gasteiger partial charge in [0.2, 0.25) is 0 Å². The van der Waals surface area contributed by atoms with Gasteiger partial charge >= 0.3 is 0 Å². The highest BCUT2D eigenvalue weighted by molar-refractivity contribution is 6.11. The van der Waals surface area contributed by atoms with Crippen molar-refractivity contribution in [3.63, 3.8) is 0 Å². The Hall–Kier alpha value is -2.20. The number of carbonyl (C=O) groups is 1. The van der Waals surface area contributed by atoms with Crippen LogP contribution in [0.25, 0.3) is 0 Å². The summed E-state index contributed by atoms with van der Waals surface area (Å²) >= 11 is 0. The minimum atomic E-state index is -1.27. The number of nitrogens with zero attached hydrogens (tertiary/aromatic N) is 2. The number of amides is 1. The highest BCUT2D eigenvalue weighted by Crippen LogP contribution is 2.42. The summed E-state index contributed by atoms with van der Waals surface area (Å²) in [5.74, 6) is -0.164. The van der Waals surface area contributed by atoms with Crippen LogP contribution in [-0.4, -0.2) is 16.0 Å². The number of hydrogen-bond acceptors (Lipinski definition) is 3. The number of aliphatic hydroxyl groups is 1. The number of carbonyl (C=O) groups excluding carboxylic acids is 1. The van der Waals surface area contributed by atoms with E-state index in [-0.39, 0.29) is 5.91 Å². The first-order chi connectivity index (χ1) is 9.68. The minimum Gasteiger partial charge on any atom is -0.366 e. The first-order valence-electron chi connectivity index (χ1n) is 6.75. The van der Waals surface area contributed by atoms with E-state index in [9.17, 15) is 9.90 Å². The molecule has 2 heterocycles. The molecule has 20 heavy (non-hydrogen) atoms. The van der Waals surface area contributed by atoms with Gasteiger partial charge in [-0.25, -0.2) is 0 Å². The zero-order chi connectivity index (χ0) is 14.2. The predicted molar refractivity (Wildman–Crippen MR) is 76.3 cm³/mol.